The van der Waals surface area contributed by atoms with Gasteiger partial charge in [0.25, 0.3) is 0 Å². The summed E-state index contributed by atoms with van der Waals surface area (Å²) in [5.41, 5.74) is 0. The van der Waals surface area contributed by atoms with E-state index >= 15 is 0 Å². The summed E-state index contributed by atoms with van der Waals surface area (Å²) in [6.45, 7) is 14.3. The molecule has 0 aromatic rings. The molecule has 1 aliphatic rings. The Kier molecular flexibility index (Phi) is 10.3. The summed E-state index contributed by atoms with van der Waals surface area (Å²) < 4.78 is 17.4. The summed E-state index contributed by atoms with van der Waals surface area (Å²) in [5, 5.41) is 0. The SMILES string of the molecule is CCC(C)OCCCOCCOC1CCCC(C)C1C(C)C. The van der Waals surface area contributed by atoms with Crippen LogP contribution in [-0.2, 0) is 14.2 Å². The highest BCUT2D eigenvalue weighted by molar-refractivity contribution is 4.82. The van der Waals surface area contributed by atoms with Crippen molar-refractivity contribution >= 4 is 0 Å². The van der Waals surface area contributed by atoms with E-state index in [0.717, 1.165) is 38.6 Å². The zero-order valence-electron chi connectivity index (χ0n) is 15.5. The van der Waals surface area contributed by atoms with Gasteiger partial charge in [0, 0.05) is 13.2 Å². The van der Waals surface area contributed by atoms with Crippen LogP contribution in [0.2, 0.25) is 0 Å². The zero-order valence-corrected chi connectivity index (χ0v) is 15.5. The van der Waals surface area contributed by atoms with Gasteiger partial charge in [-0.3, -0.25) is 0 Å². The van der Waals surface area contributed by atoms with E-state index in [0.29, 0.717) is 30.7 Å². The van der Waals surface area contributed by atoms with Gasteiger partial charge in [0.05, 0.1) is 25.4 Å². The molecular formula is C19H38O3. The van der Waals surface area contributed by atoms with Gasteiger partial charge in [-0.05, 0) is 43.9 Å². The van der Waals surface area contributed by atoms with Crippen molar-refractivity contribution in [2.24, 2.45) is 17.8 Å². The van der Waals surface area contributed by atoms with Crippen molar-refractivity contribution in [3.05, 3.63) is 0 Å². The normalized spacial score (nSPS) is 27.3. The Hall–Kier alpha value is -0.120. The highest BCUT2D eigenvalue weighted by Gasteiger charge is 2.33. The van der Waals surface area contributed by atoms with E-state index in [2.05, 4.69) is 34.6 Å². The van der Waals surface area contributed by atoms with Gasteiger partial charge >= 0.3 is 0 Å². The Balaban J connectivity index is 2.06. The Morgan fingerprint density at radius 1 is 1.00 bits per heavy atom. The van der Waals surface area contributed by atoms with Gasteiger partial charge < -0.3 is 14.2 Å². The Morgan fingerprint density at radius 2 is 1.77 bits per heavy atom. The number of ether oxygens (including phenoxy) is 3. The third kappa shape index (κ3) is 7.43. The number of rotatable bonds is 11. The van der Waals surface area contributed by atoms with Crippen molar-refractivity contribution < 1.29 is 14.2 Å². The molecule has 3 nitrogen and oxygen atoms in total. The topological polar surface area (TPSA) is 27.7 Å². The zero-order chi connectivity index (χ0) is 16.4. The second-order valence-electron chi connectivity index (χ2n) is 7.19. The van der Waals surface area contributed by atoms with E-state index in [9.17, 15) is 0 Å². The Bertz CT molecular complexity index is 267. The van der Waals surface area contributed by atoms with Crippen LogP contribution in [-0.4, -0.2) is 38.6 Å². The molecule has 0 amide bonds. The fraction of sp³-hybridized carbons (Fsp3) is 1.00. The van der Waals surface area contributed by atoms with E-state index in [-0.39, 0.29) is 0 Å². The van der Waals surface area contributed by atoms with Gasteiger partial charge in [0.1, 0.15) is 0 Å². The molecule has 1 aliphatic carbocycles. The van der Waals surface area contributed by atoms with Crippen LogP contribution in [0.1, 0.15) is 66.7 Å². The van der Waals surface area contributed by atoms with Gasteiger partial charge in [0.2, 0.25) is 0 Å². The molecule has 0 heterocycles. The van der Waals surface area contributed by atoms with Crippen LogP contribution in [0.5, 0.6) is 0 Å². The summed E-state index contributed by atoms with van der Waals surface area (Å²) in [5.74, 6) is 2.20. The predicted octanol–water partition coefficient (Wildman–Crippen LogP) is 4.69. The second kappa shape index (κ2) is 11.4. The van der Waals surface area contributed by atoms with Crippen molar-refractivity contribution in [3.63, 3.8) is 0 Å². The van der Waals surface area contributed by atoms with Crippen molar-refractivity contribution in [2.45, 2.75) is 78.9 Å². The van der Waals surface area contributed by atoms with Crippen molar-refractivity contribution in [3.8, 4) is 0 Å². The maximum absolute atomic E-state index is 6.13. The first-order valence-corrected chi connectivity index (χ1v) is 9.37. The molecule has 4 atom stereocenters. The first kappa shape index (κ1) is 19.9. The molecule has 1 fully saturated rings. The third-order valence-corrected chi connectivity index (χ3v) is 4.97. The van der Waals surface area contributed by atoms with E-state index in [1.807, 2.05) is 0 Å². The average Bonchev–Trinajstić information content (AvgIpc) is 2.49. The first-order valence-electron chi connectivity index (χ1n) is 9.37. The van der Waals surface area contributed by atoms with Crippen LogP contribution in [0.3, 0.4) is 0 Å². The molecule has 132 valence electrons. The van der Waals surface area contributed by atoms with Gasteiger partial charge in [0.15, 0.2) is 0 Å². The van der Waals surface area contributed by atoms with Crippen LogP contribution in [0.4, 0.5) is 0 Å². The lowest BCUT2D eigenvalue weighted by Crippen LogP contribution is -2.37. The molecule has 0 aromatic heterocycles. The highest BCUT2D eigenvalue weighted by atomic mass is 16.5. The fourth-order valence-electron chi connectivity index (χ4n) is 3.60. The van der Waals surface area contributed by atoms with Gasteiger partial charge in [-0.2, -0.15) is 0 Å². The van der Waals surface area contributed by atoms with Crippen LogP contribution in [0, 0.1) is 17.8 Å². The summed E-state index contributed by atoms with van der Waals surface area (Å²) in [4.78, 5) is 0. The number of hydrogen-bond acceptors (Lipinski definition) is 3. The smallest absolute Gasteiger partial charge is 0.0704 e. The largest absolute Gasteiger partial charge is 0.379 e. The molecule has 1 saturated carbocycles. The average molecular weight is 315 g/mol. The first-order chi connectivity index (χ1) is 10.6. The van der Waals surface area contributed by atoms with Crippen LogP contribution in [0.15, 0.2) is 0 Å². The van der Waals surface area contributed by atoms with Gasteiger partial charge in [-0.1, -0.05) is 40.5 Å². The Morgan fingerprint density at radius 3 is 2.45 bits per heavy atom. The molecule has 0 N–H and O–H groups in total. The standard InChI is InChI=1S/C19H38O3/c1-6-17(5)21-12-8-11-20-13-14-22-18-10-7-9-16(4)19(18)15(2)3/h15-19H,6-14H2,1-5H3. The minimum absolute atomic E-state index is 0.365. The molecule has 0 bridgehead atoms. The number of hydrogen-bond donors (Lipinski definition) is 0. The fourth-order valence-corrected chi connectivity index (χ4v) is 3.60. The highest BCUT2D eigenvalue weighted by Crippen LogP contribution is 2.36. The maximum Gasteiger partial charge on any atom is 0.0704 e. The summed E-state index contributed by atoms with van der Waals surface area (Å²) in [6.07, 6.45) is 6.73. The van der Waals surface area contributed by atoms with Crippen molar-refractivity contribution in [2.75, 3.05) is 26.4 Å². The van der Waals surface area contributed by atoms with Crippen molar-refractivity contribution in [1.82, 2.24) is 0 Å². The predicted molar refractivity (Wildman–Crippen MR) is 92.2 cm³/mol. The summed E-state index contributed by atoms with van der Waals surface area (Å²) >= 11 is 0. The molecule has 0 radical (unpaired) electrons. The lowest BCUT2D eigenvalue weighted by molar-refractivity contribution is -0.0659. The van der Waals surface area contributed by atoms with Crippen LogP contribution in [0.25, 0.3) is 0 Å². The second-order valence-corrected chi connectivity index (χ2v) is 7.19. The lowest BCUT2D eigenvalue weighted by Gasteiger charge is -2.39. The maximum atomic E-state index is 6.13. The summed E-state index contributed by atoms with van der Waals surface area (Å²) in [7, 11) is 0. The molecule has 0 aromatic carbocycles. The van der Waals surface area contributed by atoms with E-state index in [4.69, 9.17) is 14.2 Å². The Labute approximate surface area is 138 Å². The minimum atomic E-state index is 0.365. The molecule has 0 aliphatic heterocycles. The van der Waals surface area contributed by atoms with Crippen LogP contribution >= 0.6 is 0 Å². The molecule has 0 saturated heterocycles. The third-order valence-electron chi connectivity index (χ3n) is 4.97. The van der Waals surface area contributed by atoms with E-state index < -0.39 is 0 Å². The molecular weight excluding hydrogens is 276 g/mol. The monoisotopic (exact) mass is 314 g/mol. The molecule has 1 rings (SSSR count). The quantitative estimate of drug-likeness (QED) is 0.518. The molecule has 0 spiro atoms. The van der Waals surface area contributed by atoms with Crippen molar-refractivity contribution in [1.29, 1.82) is 0 Å². The molecule has 4 unspecified atom stereocenters. The van der Waals surface area contributed by atoms with Gasteiger partial charge in [-0.25, -0.2) is 0 Å². The van der Waals surface area contributed by atoms with E-state index in [1.54, 1.807) is 0 Å². The molecule has 22 heavy (non-hydrogen) atoms. The molecule has 3 heteroatoms. The van der Waals surface area contributed by atoms with E-state index in [1.165, 1.54) is 19.3 Å². The van der Waals surface area contributed by atoms with Crippen LogP contribution < -0.4 is 0 Å². The minimum Gasteiger partial charge on any atom is -0.379 e. The summed E-state index contributed by atoms with van der Waals surface area (Å²) in [6, 6.07) is 0. The van der Waals surface area contributed by atoms with Gasteiger partial charge in [-0.15, -0.1) is 0 Å². The lowest BCUT2D eigenvalue weighted by atomic mass is 9.72.